The molecule has 9 nitrogen and oxygen atoms in total. The number of nitriles is 1. The summed E-state index contributed by atoms with van der Waals surface area (Å²) in [5, 5.41) is 19.6. The Labute approximate surface area is 200 Å². The van der Waals surface area contributed by atoms with Gasteiger partial charge < -0.3 is 26.2 Å². The normalized spacial score (nSPS) is 19.0. The number of anilines is 3. The molecule has 1 fully saturated rings. The van der Waals surface area contributed by atoms with Crippen molar-refractivity contribution in [2.75, 3.05) is 36.0 Å². The van der Waals surface area contributed by atoms with Gasteiger partial charge in [-0.3, -0.25) is 9.69 Å². The van der Waals surface area contributed by atoms with Crippen LogP contribution >= 0.6 is 11.6 Å². The lowest BCUT2D eigenvalue weighted by Gasteiger charge is -2.40. The molecule has 178 valence electrons. The maximum Gasteiger partial charge on any atom is 0.412 e. The molecule has 2 aromatic rings. The highest BCUT2D eigenvalue weighted by Crippen LogP contribution is 2.45. The van der Waals surface area contributed by atoms with Gasteiger partial charge in [0.15, 0.2) is 11.9 Å². The van der Waals surface area contributed by atoms with Gasteiger partial charge in [-0.05, 0) is 43.0 Å². The number of ether oxygens (including phenoxy) is 1. The Kier molecular flexibility index (Phi) is 6.15. The van der Waals surface area contributed by atoms with Gasteiger partial charge in [0.1, 0.15) is 11.5 Å². The molecule has 2 aliphatic heterocycles. The molecular weight excluding hydrogens is 465 g/mol. The van der Waals surface area contributed by atoms with Crippen LogP contribution in [0.2, 0.25) is 5.02 Å². The Balaban J connectivity index is 1.50. The van der Waals surface area contributed by atoms with Crippen LogP contribution in [0.4, 0.5) is 26.2 Å². The molecule has 4 rings (SSSR count). The van der Waals surface area contributed by atoms with Gasteiger partial charge in [-0.25, -0.2) is 9.18 Å². The average Bonchev–Trinajstić information content (AvgIpc) is 2.83. The number of fused-ring (bicyclic) bond motifs is 1. The van der Waals surface area contributed by atoms with E-state index >= 15 is 0 Å². The van der Waals surface area contributed by atoms with Crippen molar-refractivity contribution in [1.82, 2.24) is 4.90 Å². The van der Waals surface area contributed by atoms with E-state index in [9.17, 15) is 24.3 Å². The van der Waals surface area contributed by atoms with E-state index in [1.54, 1.807) is 17.0 Å². The summed E-state index contributed by atoms with van der Waals surface area (Å²) in [7, 11) is 0. The molecule has 5 N–H and O–H groups in total. The predicted molar refractivity (Wildman–Crippen MR) is 124 cm³/mol. The summed E-state index contributed by atoms with van der Waals surface area (Å²) in [6.45, 7) is 0.355. The van der Waals surface area contributed by atoms with Crippen LogP contribution in [0.15, 0.2) is 30.3 Å². The van der Waals surface area contributed by atoms with Crippen LogP contribution in [-0.2, 0) is 11.2 Å². The second kappa shape index (κ2) is 8.91. The molecule has 2 heterocycles. The van der Waals surface area contributed by atoms with Crippen LogP contribution in [-0.4, -0.2) is 47.7 Å². The first kappa shape index (κ1) is 23.4. The molecular formula is C23H23ClFN5O4. The third-order valence-corrected chi connectivity index (χ3v) is 6.73. The second-order valence-electron chi connectivity index (χ2n) is 8.55. The van der Waals surface area contributed by atoms with Crippen molar-refractivity contribution >= 4 is 40.7 Å². The number of hydrogen-bond acceptors (Lipinski definition) is 6. The van der Waals surface area contributed by atoms with Crippen LogP contribution in [0.1, 0.15) is 18.4 Å². The van der Waals surface area contributed by atoms with Crippen molar-refractivity contribution < 1.29 is 23.8 Å². The first-order valence-corrected chi connectivity index (χ1v) is 11.0. The lowest BCUT2D eigenvalue weighted by Crippen LogP contribution is -2.54. The number of benzene rings is 2. The van der Waals surface area contributed by atoms with Crippen LogP contribution in [0.25, 0.3) is 0 Å². The molecule has 1 unspecified atom stereocenters. The van der Waals surface area contributed by atoms with Crippen molar-refractivity contribution in [1.29, 1.82) is 5.26 Å². The monoisotopic (exact) mass is 487 g/mol. The fourth-order valence-electron chi connectivity index (χ4n) is 4.41. The number of carbonyl (C=O) groups is 2. The minimum absolute atomic E-state index is 0.00593. The predicted octanol–water partition coefficient (Wildman–Crippen LogP) is 3.26. The summed E-state index contributed by atoms with van der Waals surface area (Å²) in [5.74, 6) is -0.754. The molecule has 11 heteroatoms. The van der Waals surface area contributed by atoms with Gasteiger partial charge >= 0.3 is 6.09 Å². The minimum atomic E-state index is -1.29. The molecule has 2 aromatic carbocycles. The molecule has 34 heavy (non-hydrogen) atoms. The number of piperidine rings is 1. The second-order valence-corrected chi connectivity index (χ2v) is 8.96. The molecule has 2 amide bonds. The largest absolute Gasteiger partial charge is 0.474 e. The lowest BCUT2D eigenvalue weighted by molar-refractivity contribution is -0.140. The molecule has 0 spiro atoms. The fraction of sp³-hybridized carbons (Fsp3) is 0.348. The van der Waals surface area contributed by atoms with Gasteiger partial charge in [0.25, 0.3) is 5.91 Å². The van der Waals surface area contributed by atoms with Crippen molar-refractivity contribution in [2.45, 2.75) is 25.4 Å². The van der Waals surface area contributed by atoms with E-state index < -0.39 is 23.5 Å². The Hall–Kier alpha value is -3.71. The summed E-state index contributed by atoms with van der Waals surface area (Å²) in [4.78, 5) is 27.6. The third kappa shape index (κ3) is 4.26. The van der Waals surface area contributed by atoms with E-state index in [-0.39, 0.29) is 40.2 Å². The number of carboxylic acid groups (broad SMARTS) is 1. The van der Waals surface area contributed by atoms with Crippen molar-refractivity contribution in [2.24, 2.45) is 5.41 Å². The van der Waals surface area contributed by atoms with Crippen molar-refractivity contribution in [3.8, 4) is 11.8 Å². The standard InChI is InChI=1S/C23H23ClFN5O4/c24-15-9-16-20(19(28)18(15)27)34-17(11-30(16)22(32)33)21(31)29-7-5-23(12-26,6-8-29)10-13-1-3-14(25)4-2-13/h1-4,9,17H,5-8,10-11,27-28H2,(H,32,33). The van der Waals surface area contributed by atoms with Crippen molar-refractivity contribution in [3.63, 3.8) is 0 Å². The van der Waals surface area contributed by atoms with Gasteiger partial charge in [-0.15, -0.1) is 0 Å². The van der Waals surface area contributed by atoms with Gasteiger partial charge in [0.05, 0.1) is 34.4 Å². The number of rotatable bonds is 3. The van der Waals surface area contributed by atoms with E-state index in [4.69, 9.17) is 27.8 Å². The Morgan fingerprint density at radius 2 is 1.88 bits per heavy atom. The molecule has 0 radical (unpaired) electrons. The zero-order valence-electron chi connectivity index (χ0n) is 18.1. The van der Waals surface area contributed by atoms with Gasteiger partial charge in [-0.1, -0.05) is 23.7 Å². The summed E-state index contributed by atoms with van der Waals surface area (Å²) < 4.78 is 19.0. The van der Waals surface area contributed by atoms with E-state index in [2.05, 4.69) is 6.07 Å². The number of amides is 2. The number of carbonyl (C=O) groups excluding carboxylic acids is 1. The number of nitrogens with two attached hydrogens (primary N) is 2. The molecule has 0 saturated carbocycles. The first-order chi connectivity index (χ1) is 16.1. The van der Waals surface area contributed by atoms with Crippen molar-refractivity contribution in [3.05, 3.63) is 46.7 Å². The number of nitrogens with zero attached hydrogens (tertiary/aromatic N) is 3. The lowest BCUT2D eigenvalue weighted by atomic mass is 9.75. The van der Waals surface area contributed by atoms with E-state index in [1.807, 2.05) is 0 Å². The summed E-state index contributed by atoms with van der Waals surface area (Å²) in [6.07, 6.45) is -1.13. The number of nitrogen functional groups attached to an aromatic ring is 2. The van der Waals surface area contributed by atoms with Crippen LogP contribution in [0.3, 0.4) is 0 Å². The van der Waals surface area contributed by atoms with E-state index in [1.165, 1.54) is 18.2 Å². The third-order valence-electron chi connectivity index (χ3n) is 6.42. The first-order valence-electron chi connectivity index (χ1n) is 10.6. The molecule has 0 bridgehead atoms. The Morgan fingerprint density at radius 1 is 1.24 bits per heavy atom. The average molecular weight is 488 g/mol. The quantitative estimate of drug-likeness (QED) is 0.563. The number of halogens is 2. The Bertz CT molecular complexity index is 1180. The molecule has 1 atom stereocenters. The summed E-state index contributed by atoms with van der Waals surface area (Å²) in [5.41, 5.74) is 12.2. The minimum Gasteiger partial charge on any atom is -0.474 e. The van der Waals surface area contributed by atoms with Gasteiger partial charge in [0.2, 0.25) is 0 Å². The van der Waals surface area contributed by atoms with Gasteiger partial charge in [-0.2, -0.15) is 5.26 Å². The van der Waals surface area contributed by atoms with E-state index in [0.29, 0.717) is 32.4 Å². The zero-order valence-corrected chi connectivity index (χ0v) is 18.9. The zero-order chi connectivity index (χ0) is 24.6. The number of hydrogen-bond donors (Lipinski definition) is 3. The number of likely N-dealkylation sites (tertiary alicyclic amines) is 1. The van der Waals surface area contributed by atoms with Gasteiger partial charge in [0, 0.05) is 13.1 Å². The highest BCUT2D eigenvalue weighted by molar-refractivity contribution is 6.34. The molecule has 0 aromatic heterocycles. The highest BCUT2D eigenvalue weighted by Gasteiger charge is 2.41. The van der Waals surface area contributed by atoms with Crippen LogP contribution in [0, 0.1) is 22.6 Å². The SMILES string of the molecule is N#CC1(Cc2ccc(F)cc2)CCN(C(=O)C2CN(C(=O)O)c3cc(Cl)c(N)c(N)c3O2)CC1. The van der Waals surface area contributed by atoms with Crippen LogP contribution in [0.5, 0.6) is 5.75 Å². The maximum atomic E-state index is 13.2. The Morgan fingerprint density at radius 3 is 2.47 bits per heavy atom. The molecule has 1 saturated heterocycles. The fourth-order valence-corrected chi connectivity index (χ4v) is 4.61. The summed E-state index contributed by atoms with van der Waals surface area (Å²) in [6, 6.07) is 9.75. The summed E-state index contributed by atoms with van der Waals surface area (Å²) >= 11 is 6.05. The highest BCUT2D eigenvalue weighted by atomic mass is 35.5. The topological polar surface area (TPSA) is 146 Å². The van der Waals surface area contributed by atoms with Crippen LogP contribution < -0.4 is 21.1 Å². The molecule has 0 aliphatic carbocycles. The smallest absolute Gasteiger partial charge is 0.412 e. The molecule has 2 aliphatic rings. The maximum absolute atomic E-state index is 13.2. The van der Waals surface area contributed by atoms with E-state index in [0.717, 1.165) is 10.5 Å².